The predicted molar refractivity (Wildman–Crippen MR) is 98.9 cm³/mol. The van der Waals surface area contributed by atoms with Crippen molar-refractivity contribution >= 4 is 28.2 Å². The number of alkyl halides is 3. The van der Waals surface area contributed by atoms with Crippen LogP contribution >= 0.6 is 11.6 Å². The summed E-state index contributed by atoms with van der Waals surface area (Å²) in [5, 5.41) is 3.29. The van der Waals surface area contributed by atoms with Crippen molar-refractivity contribution in [1.29, 1.82) is 0 Å². The summed E-state index contributed by atoms with van der Waals surface area (Å²) < 4.78 is 68.7. The van der Waals surface area contributed by atoms with Gasteiger partial charge in [-0.05, 0) is 31.0 Å². The molecule has 154 valence electrons. The molecule has 0 saturated heterocycles. The summed E-state index contributed by atoms with van der Waals surface area (Å²) in [5.41, 5.74) is 0.826. The van der Waals surface area contributed by atoms with Crippen LogP contribution < -0.4 is 10.1 Å². The van der Waals surface area contributed by atoms with Crippen molar-refractivity contribution in [2.45, 2.75) is 31.3 Å². The van der Waals surface area contributed by atoms with E-state index in [1.54, 1.807) is 0 Å². The Kier molecular flexibility index (Phi) is 7.59. The van der Waals surface area contributed by atoms with Crippen molar-refractivity contribution < 1.29 is 26.5 Å². The first-order valence-corrected chi connectivity index (χ1v) is 9.93. The van der Waals surface area contributed by atoms with Crippen molar-refractivity contribution in [3.8, 4) is 5.75 Å². The summed E-state index contributed by atoms with van der Waals surface area (Å²) in [4.78, 5) is 7.92. The SMILES string of the molecule is CCc1ncnc(NCCOc2cc(S(=O)CC(F)(F)F)c(C)cc2F)c1Cl. The van der Waals surface area contributed by atoms with Gasteiger partial charge in [0.15, 0.2) is 11.6 Å². The van der Waals surface area contributed by atoms with Gasteiger partial charge < -0.3 is 10.1 Å². The van der Waals surface area contributed by atoms with Crippen LogP contribution in [-0.4, -0.2) is 39.3 Å². The van der Waals surface area contributed by atoms with Crippen LogP contribution in [0.4, 0.5) is 23.4 Å². The molecule has 0 spiro atoms. The number of nitrogens with zero attached hydrogens (tertiary/aromatic N) is 2. The summed E-state index contributed by atoms with van der Waals surface area (Å²) in [6, 6.07) is 2.04. The average Bonchev–Trinajstić information content (AvgIpc) is 2.59. The van der Waals surface area contributed by atoms with Crippen LogP contribution in [0, 0.1) is 12.7 Å². The van der Waals surface area contributed by atoms with Gasteiger partial charge in [0.25, 0.3) is 0 Å². The highest BCUT2D eigenvalue weighted by molar-refractivity contribution is 7.85. The van der Waals surface area contributed by atoms with E-state index in [1.807, 2.05) is 6.92 Å². The quantitative estimate of drug-likeness (QED) is 0.490. The molecule has 0 aliphatic rings. The van der Waals surface area contributed by atoms with E-state index in [-0.39, 0.29) is 29.4 Å². The Bertz CT molecular complexity index is 865. The molecule has 0 radical (unpaired) electrons. The van der Waals surface area contributed by atoms with Gasteiger partial charge in [-0.2, -0.15) is 13.2 Å². The first-order valence-electron chi connectivity index (χ1n) is 8.23. The standard InChI is InChI=1S/C17H18ClF4N3O2S/c1-3-12-15(18)16(25-9-24-12)23-4-5-27-13-7-14(10(2)6-11(13)19)28(26)8-17(20,21)22/h6-7,9H,3-5,8H2,1-2H3,(H,23,24,25). The molecule has 0 fully saturated rings. The normalized spacial score (nSPS) is 12.7. The molecule has 1 unspecified atom stereocenters. The molecule has 2 aromatic rings. The first kappa shape index (κ1) is 22.4. The Morgan fingerprint density at radius 1 is 1.29 bits per heavy atom. The maximum absolute atomic E-state index is 14.0. The molecule has 28 heavy (non-hydrogen) atoms. The van der Waals surface area contributed by atoms with Crippen LogP contribution in [0.3, 0.4) is 0 Å². The van der Waals surface area contributed by atoms with E-state index in [4.69, 9.17) is 16.3 Å². The topological polar surface area (TPSA) is 64.1 Å². The third kappa shape index (κ3) is 6.03. The van der Waals surface area contributed by atoms with Gasteiger partial charge in [-0.15, -0.1) is 0 Å². The maximum Gasteiger partial charge on any atom is 0.400 e. The number of halogens is 5. The Morgan fingerprint density at radius 2 is 2.00 bits per heavy atom. The molecule has 0 aliphatic carbocycles. The van der Waals surface area contributed by atoms with Gasteiger partial charge >= 0.3 is 6.18 Å². The van der Waals surface area contributed by atoms with Gasteiger partial charge in [0, 0.05) is 4.90 Å². The molecule has 1 aromatic carbocycles. The van der Waals surface area contributed by atoms with Crippen LogP contribution in [0.15, 0.2) is 23.4 Å². The highest BCUT2D eigenvalue weighted by atomic mass is 35.5. The van der Waals surface area contributed by atoms with E-state index < -0.39 is 28.5 Å². The van der Waals surface area contributed by atoms with Crippen LogP contribution in [0.1, 0.15) is 18.2 Å². The molecule has 2 rings (SSSR count). The minimum Gasteiger partial charge on any atom is -0.489 e. The van der Waals surface area contributed by atoms with Crippen molar-refractivity contribution in [1.82, 2.24) is 9.97 Å². The molecule has 11 heteroatoms. The number of hydrogen-bond donors (Lipinski definition) is 1. The van der Waals surface area contributed by atoms with Gasteiger partial charge in [-0.3, -0.25) is 4.21 Å². The zero-order valence-electron chi connectivity index (χ0n) is 15.1. The molecule has 1 N–H and O–H groups in total. The number of hydrogen-bond acceptors (Lipinski definition) is 5. The second-order valence-corrected chi connectivity index (χ2v) is 7.56. The summed E-state index contributed by atoms with van der Waals surface area (Å²) in [7, 11) is -2.35. The molecule has 1 aromatic heterocycles. The second-order valence-electron chi connectivity index (χ2n) is 5.76. The van der Waals surface area contributed by atoms with Gasteiger partial charge in [-0.25, -0.2) is 14.4 Å². The Balaban J connectivity index is 2.02. The fourth-order valence-electron chi connectivity index (χ4n) is 2.32. The van der Waals surface area contributed by atoms with Crippen LogP contribution in [0.5, 0.6) is 5.75 Å². The van der Waals surface area contributed by atoms with Crippen molar-refractivity contribution in [3.05, 3.63) is 40.6 Å². The summed E-state index contributed by atoms with van der Waals surface area (Å²) in [6.07, 6.45) is -2.61. The van der Waals surface area contributed by atoms with Crippen molar-refractivity contribution in [2.24, 2.45) is 0 Å². The first-order chi connectivity index (χ1) is 13.1. The van der Waals surface area contributed by atoms with Gasteiger partial charge in [0.05, 0.1) is 23.0 Å². The number of anilines is 1. The van der Waals surface area contributed by atoms with E-state index in [0.29, 0.717) is 23.0 Å². The van der Waals surface area contributed by atoms with Crippen molar-refractivity contribution in [2.75, 3.05) is 24.2 Å². The lowest BCUT2D eigenvalue weighted by Gasteiger charge is -2.13. The highest BCUT2D eigenvalue weighted by Crippen LogP contribution is 2.27. The Morgan fingerprint density at radius 3 is 2.64 bits per heavy atom. The van der Waals surface area contributed by atoms with Crippen LogP contribution in [-0.2, 0) is 17.2 Å². The number of ether oxygens (including phenoxy) is 1. The van der Waals surface area contributed by atoms with E-state index in [0.717, 1.165) is 12.1 Å². The largest absolute Gasteiger partial charge is 0.489 e. The Labute approximate surface area is 166 Å². The van der Waals surface area contributed by atoms with Gasteiger partial charge in [0.2, 0.25) is 0 Å². The molecule has 5 nitrogen and oxygen atoms in total. The number of aromatic nitrogens is 2. The molecule has 0 bridgehead atoms. The smallest absolute Gasteiger partial charge is 0.400 e. The summed E-state index contributed by atoms with van der Waals surface area (Å²) in [5.74, 6) is -2.14. The zero-order chi connectivity index (χ0) is 20.9. The molecular formula is C17H18ClF4N3O2S. The highest BCUT2D eigenvalue weighted by Gasteiger charge is 2.32. The molecule has 1 heterocycles. The van der Waals surface area contributed by atoms with E-state index in [1.165, 1.54) is 13.3 Å². The molecular weight excluding hydrogens is 422 g/mol. The number of nitrogens with one attached hydrogen (secondary N) is 1. The van der Waals surface area contributed by atoms with E-state index >= 15 is 0 Å². The molecule has 1 atom stereocenters. The minimum atomic E-state index is -4.59. The fraction of sp³-hybridized carbons (Fsp3) is 0.412. The summed E-state index contributed by atoms with van der Waals surface area (Å²) >= 11 is 6.14. The maximum atomic E-state index is 14.0. The monoisotopic (exact) mass is 439 g/mol. The third-order valence-corrected chi connectivity index (χ3v) is 5.54. The van der Waals surface area contributed by atoms with Crippen LogP contribution in [0.25, 0.3) is 0 Å². The average molecular weight is 440 g/mol. The lowest BCUT2D eigenvalue weighted by atomic mass is 10.2. The van der Waals surface area contributed by atoms with Crippen molar-refractivity contribution in [3.63, 3.8) is 0 Å². The lowest BCUT2D eigenvalue weighted by Crippen LogP contribution is -2.19. The number of aryl methyl sites for hydroxylation is 2. The van der Waals surface area contributed by atoms with Gasteiger partial charge in [-0.1, -0.05) is 18.5 Å². The zero-order valence-corrected chi connectivity index (χ0v) is 16.6. The van der Waals surface area contributed by atoms with E-state index in [2.05, 4.69) is 15.3 Å². The van der Waals surface area contributed by atoms with Gasteiger partial charge in [0.1, 0.15) is 29.5 Å². The van der Waals surface area contributed by atoms with E-state index in [9.17, 15) is 21.8 Å². The predicted octanol–water partition coefficient (Wildman–Crippen LogP) is 4.30. The van der Waals surface area contributed by atoms with Crippen LogP contribution in [0.2, 0.25) is 5.02 Å². The number of rotatable bonds is 8. The second kappa shape index (κ2) is 9.51. The Hall–Kier alpha value is -1.94. The minimum absolute atomic E-state index is 0.0207. The molecule has 0 amide bonds. The number of benzene rings is 1. The summed E-state index contributed by atoms with van der Waals surface area (Å²) in [6.45, 7) is 3.46. The lowest BCUT2D eigenvalue weighted by molar-refractivity contribution is -0.105. The fourth-order valence-corrected chi connectivity index (χ4v) is 3.73. The molecule has 0 saturated carbocycles. The third-order valence-electron chi connectivity index (χ3n) is 3.62. The molecule has 0 aliphatic heterocycles.